The van der Waals surface area contributed by atoms with E-state index < -0.39 is 24.6 Å². The van der Waals surface area contributed by atoms with Crippen LogP contribution in [0.5, 0.6) is 0 Å². The summed E-state index contributed by atoms with van der Waals surface area (Å²) in [4.78, 5) is 12.6. The van der Waals surface area contributed by atoms with Gasteiger partial charge in [0.1, 0.15) is 0 Å². The van der Waals surface area contributed by atoms with Crippen LogP contribution in [0.25, 0.3) is 0 Å². The lowest BCUT2D eigenvalue weighted by atomic mass is 9.95. The standard InChI is InChI=1S/C22H20FO4P/c1-27-21(24)22(25,17-11-5-2-6-12-17)20(23)28(26,18-13-7-3-8-14-18)19-15-9-4-10-16-19/h2-16,20,25H,1H3/t20-,22-/m1/s1. The summed E-state index contributed by atoms with van der Waals surface area (Å²) in [6, 6.07) is 23.7. The maximum atomic E-state index is 16.2. The number of hydrogen-bond acceptors (Lipinski definition) is 4. The fraction of sp³-hybridized carbons (Fsp3) is 0.136. The van der Waals surface area contributed by atoms with Crippen molar-refractivity contribution in [1.29, 1.82) is 0 Å². The molecule has 0 radical (unpaired) electrons. The first-order chi connectivity index (χ1) is 13.5. The lowest BCUT2D eigenvalue weighted by Crippen LogP contribution is -2.48. The van der Waals surface area contributed by atoms with E-state index in [1.165, 1.54) is 36.4 Å². The number of carbonyl (C=O) groups excluding carboxylic acids is 1. The van der Waals surface area contributed by atoms with E-state index >= 15 is 4.39 Å². The number of halogens is 1. The highest BCUT2D eigenvalue weighted by atomic mass is 31.2. The number of benzene rings is 3. The minimum Gasteiger partial charge on any atom is -0.467 e. The maximum absolute atomic E-state index is 16.2. The molecule has 0 aromatic heterocycles. The van der Waals surface area contributed by atoms with Crippen LogP contribution in [-0.2, 0) is 19.7 Å². The normalized spacial score (nSPS) is 14.7. The van der Waals surface area contributed by atoms with E-state index in [1.54, 1.807) is 54.6 Å². The molecule has 0 saturated carbocycles. The Morgan fingerprint density at radius 1 is 0.893 bits per heavy atom. The van der Waals surface area contributed by atoms with Crippen LogP contribution < -0.4 is 10.6 Å². The Labute approximate surface area is 163 Å². The summed E-state index contributed by atoms with van der Waals surface area (Å²) in [5.41, 5.74) is -2.77. The number of hydrogen-bond donors (Lipinski definition) is 1. The molecule has 0 heterocycles. The number of alkyl halides is 1. The van der Waals surface area contributed by atoms with Crippen molar-refractivity contribution in [2.24, 2.45) is 0 Å². The number of carbonyl (C=O) groups is 1. The Morgan fingerprint density at radius 2 is 1.29 bits per heavy atom. The van der Waals surface area contributed by atoms with Crippen molar-refractivity contribution in [3.05, 3.63) is 96.6 Å². The maximum Gasteiger partial charge on any atom is 0.346 e. The Balaban J connectivity index is 2.27. The van der Waals surface area contributed by atoms with Crippen LogP contribution in [0.2, 0.25) is 0 Å². The van der Waals surface area contributed by atoms with Crippen LogP contribution in [-0.4, -0.2) is 24.1 Å². The monoisotopic (exact) mass is 398 g/mol. The minimum atomic E-state index is -4.09. The van der Waals surface area contributed by atoms with Crippen molar-refractivity contribution in [3.8, 4) is 0 Å². The molecule has 0 spiro atoms. The van der Waals surface area contributed by atoms with Gasteiger partial charge in [-0.1, -0.05) is 91.0 Å². The second-order valence-electron chi connectivity index (χ2n) is 6.29. The second kappa shape index (κ2) is 8.09. The number of aliphatic hydroxyl groups is 1. The van der Waals surface area contributed by atoms with E-state index in [0.717, 1.165) is 7.11 Å². The minimum absolute atomic E-state index is 0.0264. The van der Waals surface area contributed by atoms with Gasteiger partial charge in [-0.05, 0) is 5.56 Å². The molecule has 0 aliphatic carbocycles. The fourth-order valence-corrected chi connectivity index (χ4v) is 6.01. The highest BCUT2D eigenvalue weighted by Crippen LogP contribution is 2.56. The first-order valence-electron chi connectivity index (χ1n) is 8.67. The van der Waals surface area contributed by atoms with E-state index in [4.69, 9.17) is 4.74 Å². The Bertz CT molecular complexity index is 936. The molecule has 0 amide bonds. The van der Waals surface area contributed by atoms with E-state index in [-0.39, 0.29) is 16.2 Å². The van der Waals surface area contributed by atoms with Gasteiger partial charge in [-0.25, -0.2) is 9.18 Å². The second-order valence-corrected chi connectivity index (χ2v) is 9.09. The molecule has 6 heteroatoms. The first-order valence-corrected chi connectivity index (χ1v) is 10.4. The molecular formula is C22H20FO4P. The van der Waals surface area contributed by atoms with Crippen molar-refractivity contribution in [2.45, 2.75) is 11.5 Å². The molecule has 1 N–H and O–H groups in total. The predicted molar refractivity (Wildman–Crippen MR) is 107 cm³/mol. The lowest BCUT2D eigenvalue weighted by Gasteiger charge is -2.34. The number of rotatable bonds is 6. The topological polar surface area (TPSA) is 63.6 Å². The van der Waals surface area contributed by atoms with Crippen molar-refractivity contribution >= 4 is 23.7 Å². The third kappa shape index (κ3) is 3.28. The molecule has 3 aromatic rings. The van der Waals surface area contributed by atoms with Gasteiger partial charge in [0.25, 0.3) is 0 Å². The zero-order chi connectivity index (χ0) is 20.2. The molecule has 0 saturated heterocycles. The van der Waals surface area contributed by atoms with Crippen LogP contribution in [0.15, 0.2) is 91.0 Å². The smallest absolute Gasteiger partial charge is 0.346 e. The van der Waals surface area contributed by atoms with Crippen molar-refractivity contribution in [3.63, 3.8) is 0 Å². The van der Waals surface area contributed by atoms with Crippen molar-refractivity contribution in [1.82, 2.24) is 0 Å². The lowest BCUT2D eigenvalue weighted by molar-refractivity contribution is -0.167. The quantitative estimate of drug-likeness (QED) is 0.511. The van der Waals surface area contributed by atoms with Crippen LogP contribution in [0.1, 0.15) is 5.56 Å². The molecule has 3 rings (SSSR count). The summed E-state index contributed by atoms with van der Waals surface area (Å²) >= 11 is 0. The molecule has 3 aromatic carbocycles. The first kappa shape index (κ1) is 20.0. The Hall–Kier alpha value is -2.75. The predicted octanol–water partition coefficient (Wildman–Crippen LogP) is 3.36. The van der Waals surface area contributed by atoms with Gasteiger partial charge in [-0.3, -0.25) is 0 Å². The molecule has 2 atom stereocenters. The van der Waals surface area contributed by atoms with E-state index in [0.29, 0.717) is 0 Å². The van der Waals surface area contributed by atoms with Gasteiger partial charge in [0.05, 0.1) is 7.11 Å². The molecular weight excluding hydrogens is 378 g/mol. The van der Waals surface area contributed by atoms with Gasteiger partial charge < -0.3 is 14.4 Å². The average Bonchev–Trinajstić information content (AvgIpc) is 2.78. The van der Waals surface area contributed by atoms with Gasteiger partial charge in [0, 0.05) is 10.6 Å². The number of esters is 1. The number of ether oxygens (including phenoxy) is 1. The summed E-state index contributed by atoms with van der Waals surface area (Å²) in [6.07, 6.45) is 0. The van der Waals surface area contributed by atoms with E-state index in [9.17, 15) is 14.5 Å². The average molecular weight is 398 g/mol. The Kier molecular flexibility index (Phi) is 5.78. The summed E-state index contributed by atoms with van der Waals surface area (Å²) in [6.45, 7) is 0. The van der Waals surface area contributed by atoms with E-state index in [1.807, 2.05) is 0 Å². The van der Waals surface area contributed by atoms with E-state index in [2.05, 4.69) is 0 Å². The Morgan fingerprint density at radius 3 is 1.68 bits per heavy atom. The molecule has 28 heavy (non-hydrogen) atoms. The highest BCUT2D eigenvalue weighted by molar-refractivity contribution is 7.79. The molecule has 0 unspecified atom stereocenters. The number of methoxy groups -OCH3 is 1. The van der Waals surface area contributed by atoms with Crippen molar-refractivity contribution < 1.29 is 23.6 Å². The molecule has 0 fully saturated rings. The van der Waals surface area contributed by atoms with Gasteiger partial charge in [-0.15, -0.1) is 0 Å². The van der Waals surface area contributed by atoms with Crippen molar-refractivity contribution in [2.75, 3.05) is 7.11 Å². The van der Waals surface area contributed by atoms with Crippen LogP contribution in [0.4, 0.5) is 4.39 Å². The molecule has 0 bridgehead atoms. The molecule has 0 aliphatic rings. The molecule has 4 nitrogen and oxygen atoms in total. The van der Waals surface area contributed by atoms with Gasteiger partial charge >= 0.3 is 5.97 Å². The summed E-state index contributed by atoms with van der Waals surface area (Å²) in [5, 5.41) is 11.7. The van der Waals surface area contributed by atoms with Crippen LogP contribution in [0, 0.1) is 0 Å². The zero-order valence-electron chi connectivity index (χ0n) is 15.2. The van der Waals surface area contributed by atoms with Crippen LogP contribution in [0.3, 0.4) is 0 Å². The van der Waals surface area contributed by atoms with Gasteiger partial charge in [-0.2, -0.15) is 0 Å². The third-order valence-corrected chi connectivity index (χ3v) is 7.80. The molecule has 0 aliphatic heterocycles. The van der Waals surface area contributed by atoms with Gasteiger partial charge in [0.2, 0.25) is 11.5 Å². The molecule has 144 valence electrons. The summed E-state index contributed by atoms with van der Waals surface area (Å²) < 4.78 is 35.1. The summed E-state index contributed by atoms with van der Waals surface area (Å²) in [7, 11) is -3.03. The summed E-state index contributed by atoms with van der Waals surface area (Å²) in [5.74, 6) is -3.67. The van der Waals surface area contributed by atoms with Crippen LogP contribution >= 0.6 is 7.14 Å². The van der Waals surface area contributed by atoms with Gasteiger partial charge in [0.15, 0.2) is 7.14 Å². The third-order valence-electron chi connectivity index (χ3n) is 4.65. The highest BCUT2D eigenvalue weighted by Gasteiger charge is 2.57. The zero-order valence-corrected chi connectivity index (χ0v) is 16.1. The fourth-order valence-electron chi connectivity index (χ4n) is 3.17. The largest absolute Gasteiger partial charge is 0.467 e. The SMILES string of the molecule is COC(=O)[C@@](O)(c1ccccc1)[C@H](F)P(=O)(c1ccccc1)c1ccccc1.